The Hall–Kier alpha value is -0.980. The van der Waals surface area contributed by atoms with E-state index < -0.39 is 0 Å². The van der Waals surface area contributed by atoms with Crippen LogP contribution in [-0.2, 0) is 0 Å². The lowest BCUT2D eigenvalue weighted by Gasteiger charge is -2.11. The van der Waals surface area contributed by atoms with Gasteiger partial charge in [0.1, 0.15) is 5.75 Å². The Balaban J connectivity index is 1.79. The maximum absolute atomic E-state index is 9.36. The van der Waals surface area contributed by atoms with Gasteiger partial charge in [-0.15, -0.1) is 0 Å². The van der Waals surface area contributed by atoms with Crippen LogP contribution >= 0.6 is 0 Å². The number of aromatic hydroxyl groups is 1. The lowest BCUT2D eigenvalue weighted by atomic mass is 9.94. The summed E-state index contributed by atoms with van der Waals surface area (Å²) in [6, 6.07) is 7.73. The molecule has 0 radical (unpaired) electrons. The molecule has 0 bridgehead atoms. The van der Waals surface area contributed by atoms with Crippen LogP contribution < -0.4 is 0 Å². The minimum Gasteiger partial charge on any atom is -0.508 e. The molecule has 1 aromatic rings. The van der Waals surface area contributed by atoms with E-state index in [-0.39, 0.29) is 0 Å². The number of rotatable bonds is 18. The van der Waals surface area contributed by atoms with Crippen LogP contribution in [-0.4, -0.2) is 5.11 Å². The Morgan fingerprint density at radius 1 is 0.593 bits per heavy atom. The summed E-state index contributed by atoms with van der Waals surface area (Å²) in [5.41, 5.74) is 1.36. The molecule has 0 heterocycles. The third kappa shape index (κ3) is 13.8. The minimum atomic E-state index is 0.369. The molecule has 1 unspecified atom stereocenters. The fourth-order valence-electron chi connectivity index (χ4n) is 3.97. The van der Waals surface area contributed by atoms with Gasteiger partial charge in [-0.3, -0.25) is 0 Å². The minimum absolute atomic E-state index is 0.369. The summed E-state index contributed by atoms with van der Waals surface area (Å²) in [7, 11) is 0. The van der Waals surface area contributed by atoms with Crippen molar-refractivity contribution in [1.29, 1.82) is 0 Å². The Morgan fingerprint density at radius 3 is 1.37 bits per heavy atom. The van der Waals surface area contributed by atoms with Crippen molar-refractivity contribution in [3.8, 4) is 5.75 Å². The zero-order valence-electron chi connectivity index (χ0n) is 18.4. The van der Waals surface area contributed by atoms with Gasteiger partial charge in [-0.25, -0.2) is 0 Å². The van der Waals surface area contributed by atoms with Crippen molar-refractivity contribution in [2.24, 2.45) is 0 Å². The van der Waals surface area contributed by atoms with E-state index in [4.69, 9.17) is 0 Å². The third-order valence-corrected chi connectivity index (χ3v) is 5.95. The fraction of sp³-hybridized carbons (Fsp3) is 0.769. The average molecular weight is 375 g/mol. The highest BCUT2D eigenvalue weighted by molar-refractivity contribution is 5.27. The first-order valence-electron chi connectivity index (χ1n) is 12.0. The molecule has 27 heavy (non-hydrogen) atoms. The van der Waals surface area contributed by atoms with Gasteiger partial charge in [-0.05, 0) is 30.0 Å². The van der Waals surface area contributed by atoms with Crippen molar-refractivity contribution in [1.82, 2.24) is 0 Å². The highest BCUT2D eigenvalue weighted by atomic mass is 16.3. The molecule has 0 spiro atoms. The Kier molecular flexibility index (Phi) is 15.3. The van der Waals surface area contributed by atoms with E-state index in [2.05, 4.69) is 26.0 Å². The van der Waals surface area contributed by atoms with Crippen LogP contribution in [0.25, 0.3) is 0 Å². The van der Waals surface area contributed by atoms with E-state index in [1.54, 1.807) is 12.1 Å². The molecule has 1 aromatic carbocycles. The molecule has 0 fully saturated rings. The predicted molar refractivity (Wildman–Crippen MR) is 121 cm³/mol. The van der Waals surface area contributed by atoms with Crippen LogP contribution in [0.2, 0.25) is 0 Å². The van der Waals surface area contributed by atoms with Crippen LogP contribution in [0, 0.1) is 0 Å². The largest absolute Gasteiger partial charge is 0.508 e. The van der Waals surface area contributed by atoms with Crippen molar-refractivity contribution in [2.75, 3.05) is 0 Å². The predicted octanol–water partition coefficient (Wildman–Crippen LogP) is 9.15. The van der Waals surface area contributed by atoms with Gasteiger partial charge in [-0.1, -0.05) is 129 Å². The number of phenols is 1. The molecule has 0 aliphatic carbocycles. The lowest BCUT2D eigenvalue weighted by Crippen LogP contribution is -1.93. The van der Waals surface area contributed by atoms with Gasteiger partial charge in [0, 0.05) is 0 Å². The molecule has 0 aromatic heterocycles. The molecule has 1 atom stereocenters. The average Bonchev–Trinajstić information content (AvgIpc) is 2.68. The van der Waals surface area contributed by atoms with Crippen molar-refractivity contribution >= 4 is 0 Å². The van der Waals surface area contributed by atoms with E-state index >= 15 is 0 Å². The maximum atomic E-state index is 9.36. The van der Waals surface area contributed by atoms with Gasteiger partial charge in [0.2, 0.25) is 0 Å². The van der Waals surface area contributed by atoms with Crippen LogP contribution in [0.15, 0.2) is 24.3 Å². The summed E-state index contributed by atoms with van der Waals surface area (Å²) in [6.07, 6.45) is 24.1. The van der Waals surface area contributed by atoms with Crippen molar-refractivity contribution in [3.63, 3.8) is 0 Å². The SMILES string of the molecule is CCCCCCCCCCCCCCCCCCC(C)c1ccc(O)cc1. The molecule has 156 valence electrons. The lowest BCUT2D eigenvalue weighted by molar-refractivity contribution is 0.474. The third-order valence-electron chi connectivity index (χ3n) is 5.95. The van der Waals surface area contributed by atoms with Crippen LogP contribution in [0.3, 0.4) is 0 Å². The Morgan fingerprint density at radius 2 is 0.963 bits per heavy atom. The molecular weight excluding hydrogens is 328 g/mol. The Bertz CT molecular complexity index is 422. The molecular formula is C26H46O. The number of hydrogen-bond donors (Lipinski definition) is 1. The summed E-state index contributed by atoms with van der Waals surface area (Å²) in [6.45, 7) is 4.59. The normalized spacial score (nSPS) is 12.4. The second-order valence-corrected chi connectivity index (χ2v) is 8.58. The quantitative estimate of drug-likeness (QED) is 0.254. The summed E-state index contributed by atoms with van der Waals surface area (Å²) in [4.78, 5) is 0. The molecule has 1 N–H and O–H groups in total. The topological polar surface area (TPSA) is 20.2 Å². The van der Waals surface area contributed by atoms with Gasteiger partial charge in [0.15, 0.2) is 0 Å². The van der Waals surface area contributed by atoms with Gasteiger partial charge in [0.05, 0.1) is 0 Å². The van der Waals surface area contributed by atoms with Gasteiger partial charge >= 0.3 is 0 Å². The smallest absolute Gasteiger partial charge is 0.115 e. The molecule has 0 aliphatic rings. The summed E-state index contributed by atoms with van der Waals surface area (Å²) in [5.74, 6) is 0.977. The molecule has 1 rings (SSSR count). The second-order valence-electron chi connectivity index (χ2n) is 8.58. The van der Waals surface area contributed by atoms with E-state index in [1.165, 1.54) is 115 Å². The first kappa shape index (κ1) is 24.1. The standard InChI is InChI=1S/C26H46O/c1-3-4-5-6-7-8-9-10-11-12-13-14-15-16-17-18-19-24(2)25-20-22-26(27)23-21-25/h20-24,27H,3-19H2,1-2H3. The second kappa shape index (κ2) is 17.1. The Labute approximate surface area is 170 Å². The molecule has 1 nitrogen and oxygen atoms in total. The fourth-order valence-corrected chi connectivity index (χ4v) is 3.97. The molecule has 0 aliphatic heterocycles. The van der Waals surface area contributed by atoms with E-state index in [1.807, 2.05) is 0 Å². The van der Waals surface area contributed by atoms with Crippen LogP contribution in [0.5, 0.6) is 5.75 Å². The van der Waals surface area contributed by atoms with Crippen molar-refractivity contribution in [2.45, 2.75) is 129 Å². The van der Waals surface area contributed by atoms with Crippen molar-refractivity contribution in [3.05, 3.63) is 29.8 Å². The van der Waals surface area contributed by atoms with Crippen molar-refractivity contribution < 1.29 is 5.11 Å². The van der Waals surface area contributed by atoms with Gasteiger partial charge in [0.25, 0.3) is 0 Å². The van der Waals surface area contributed by atoms with Crippen LogP contribution in [0.1, 0.15) is 134 Å². The molecule has 0 saturated heterocycles. The number of benzene rings is 1. The van der Waals surface area contributed by atoms with E-state index in [9.17, 15) is 5.11 Å². The van der Waals surface area contributed by atoms with Gasteiger partial charge < -0.3 is 5.11 Å². The number of hydrogen-bond acceptors (Lipinski definition) is 1. The van der Waals surface area contributed by atoms with Gasteiger partial charge in [-0.2, -0.15) is 0 Å². The molecule has 0 amide bonds. The van der Waals surface area contributed by atoms with E-state index in [0.29, 0.717) is 11.7 Å². The first-order valence-corrected chi connectivity index (χ1v) is 12.0. The number of unbranched alkanes of at least 4 members (excludes halogenated alkanes) is 15. The molecule has 0 saturated carbocycles. The monoisotopic (exact) mass is 374 g/mol. The highest BCUT2D eigenvalue weighted by Gasteiger charge is 2.05. The van der Waals surface area contributed by atoms with Crippen LogP contribution in [0.4, 0.5) is 0 Å². The summed E-state index contributed by atoms with van der Waals surface area (Å²) in [5, 5.41) is 9.36. The first-order chi connectivity index (χ1) is 13.2. The number of phenolic OH excluding ortho intramolecular Hbond substituents is 1. The summed E-state index contributed by atoms with van der Waals surface area (Å²) < 4.78 is 0. The molecule has 1 heteroatoms. The maximum Gasteiger partial charge on any atom is 0.115 e. The zero-order valence-corrected chi connectivity index (χ0v) is 18.4. The summed E-state index contributed by atoms with van der Waals surface area (Å²) >= 11 is 0. The highest BCUT2D eigenvalue weighted by Crippen LogP contribution is 2.24. The van der Waals surface area contributed by atoms with E-state index in [0.717, 1.165) is 0 Å². The zero-order chi connectivity index (χ0) is 19.6.